The molecule has 22 heavy (non-hydrogen) atoms. The van der Waals surface area contributed by atoms with Crippen molar-refractivity contribution in [2.24, 2.45) is 0 Å². The van der Waals surface area contributed by atoms with Crippen molar-refractivity contribution in [2.75, 3.05) is 18.5 Å². The average Bonchev–Trinajstić information content (AvgIpc) is 2.96. The number of hydrogen-bond donors (Lipinski definition) is 3. The zero-order valence-electron chi connectivity index (χ0n) is 12.4. The second-order valence-corrected chi connectivity index (χ2v) is 5.20. The van der Waals surface area contributed by atoms with Crippen LogP contribution in [0.3, 0.4) is 0 Å². The molecule has 0 fully saturated rings. The van der Waals surface area contributed by atoms with Crippen LogP contribution >= 0.6 is 0 Å². The Labute approximate surface area is 129 Å². The van der Waals surface area contributed by atoms with Crippen LogP contribution in [0, 0.1) is 0 Å². The lowest BCUT2D eigenvalue weighted by Crippen LogP contribution is -2.17. The van der Waals surface area contributed by atoms with Gasteiger partial charge in [-0.2, -0.15) is 0 Å². The number of hydrogen-bond acceptors (Lipinski definition) is 4. The first-order valence-corrected chi connectivity index (χ1v) is 7.47. The molecule has 4 nitrogen and oxygen atoms in total. The minimum Gasteiger partial charge on any atom is -0.459 e. The van der Waals surface area contributed by atoms with Crippen LogP contribution in [0.5, 0.6) is 0 Å². The number of anilines is 1. The van der Waals surface area contributed by atoms with E-state index in [1.807, 2.05) is 36.4 Å². The second kappa shape index (κ2) is 7.11. The number of benzene rings is 2. The quantitative estimate of drug-likeness (QED) is 0.586. The SMILES string of the molecule is OCCNCc1ccc2cc(CNc3ccccc3)oc2c1. The molecule has 1 aromatic heterocycles. The highest BCUT2D eigenvalue weighted by molar-refractivity contribution is 5.78. The highest BCUT2D eigenvalue weighted by Gasteiger charge is 2.05. The van der Waals surface area contributed by atoms with Gasteiger partial charge < -0.3 is 20.2 Å². The lowest BCUT2D eigenvalue weighted by atomic mass is 10.1. The molecule has 0 amide bonds. The van der Waals surface area contributed by atoms with E-state index >= 15 is 0 Å². The van der Waals surface area contributed by atoms with Crippen molar-refractivity contribution in [3.8, 4) is 0 Å². The van der Waals surface area contributed by atoms with Crippen LogP contribution in [-0.4, -0.2) is 18.3 Å². The molecule has 2 aromatic carbocycles. The highest BCUT2D eigenvalue weighted by atomic mass is 16.3. The van der Waals surface area contributed by atoms with E-state index in [1.54, 1.807) is 0 Å². The number of aliphatic hydroxyl groups is 1. The normalized spacial score (nSPS) is 11.0. The zero-order valence-corrected chi connectivity index (χ0v) is 12.4. The van der Waals surface area contributed by atoms with Gasteiger partial charge in [-0.3, -0.25) is 0 Å². The van der Waals surface area contributed by atoms with Gasteiger partial charge in [-0.25, -0.2) is 0 Å². The fourth-order valence-electron chi connectivity index (χ4n) is 2.38. The van der Waals surface area contributed by atoms with Gasteiger partial charge in [0, 0.05) is 24.2 Å². The van der Waals surface area contributed by atoms with Crippen molar-refractivity contribution in [1.82, 2.24) is 5.32 Å². The third-order valence-corrected chi connectivity index (χ3v) is 3.49. The number of aliphatic hydroxyl groups excluding tert-OH is 1. The summed E-state index contributed by atoms with van der Waals surface area (Å²) in [5.41, 5.74) is 3.13. The Balaban J connectivity index is 1.67. The molecule has 0 atom stereocenters. The van der Waals surface area contributed by atoms with E-state index in [0.717, 1.165) is 34.5 Å². The van der Waals surface area contributed by atoms with Crippen molar-refractivity contribution in [2.45, 2.75) is 13.1 Å². The molecule has 0 aliphatic rings. The standard InChI is InChI=1S/C18H20N2O2/c21-9-8-19-12-14-6-7-15-11-17(22-18(15)10-14)13-20-16-4-2-1-3-5-16/h1-7,10-11,19-21H,8-9,12-13H2. The van der Waals surface area contributed by atoms with Gasteiger partial charge in [0.05, 0.1) is 13.2 Å². The van der Waals surface area contributed by atoms with Crippen molar-refractivity contribution in [1.29, 1.82) is 0 Å². The van der Waals surface area contributed by atoms with E-state index in [-0.39, 0.29) is 6.61 Å². The molecule has 1 heterocycles. The summed E-state index contributed by atoms with van der Waals surface area (Å²) in [4.78, 5) is 0. The molecule has 3 aromatic rings. The molecule has 3 N–H and O–H groups in total. The highest BCUT2D eigenvalue weighted by Crippen LogP contribution is 2.21. The van der Waals surface area contributed by atoms with E-state index in [0.29, 0.717) is 13.1 Å². The summed E-state index contributed by atoms with van der Waals surface area (Å²) in [6, 6.07) is 18.3. The first kappa shape index (κ1) is 14.6. The fourth-order valence-corrected chi connectivity index (χ4v) is 2.38. The van der Waals surface area contributed by atoms with E-state index in [4.69, 9.17) is 9.52 Å². The molecule has 0 bridgehead atoms. The number of rotatable bonds is 7. The minimum atomic E-state index is 0.151. The molecule has 0 spiro atoms. The van der Waals surface area contributed by atoms with Gasteiger partial charge in [-0.05, 0) is 29.8 Å². The van der Waals surface area contributed by atoms with Crippen LogP contribution < -0.4 is 10.6 Å². The number of furan rings is 1. The van der Waals surface area contributed by atoms with Gasteiger partial charge in [-0.15, -0.1) is 0 Å². The van der Waals surface area contributed by atoms with Crippen LogP contribution in [0.25, 0.3) is 11.0 Å². The third-order valence-electron chi connectivity index (χ3n) is 3.49. The predicted molar refractivity (Wildman–Crippen MR) is 88.8 cm³/mol. The van der Waals surface area contributed by atoms with Gasteiger partial charge in [-0.1, -0.05) is 30.3 Å². The molecular weight excluding hydrogens is 276 g/mol. The number of fused-ring (bicyclic) bond motifs is 1. The molecule has 114 valence electrons. The van der Waals surface area contributed by atoms with Crippen molar-refractivity contribution >= 4 is 16.7 Å². The van der Waals surface area contributed by atoms with Gasteiger partial charge in [0.25, 0.3) is 0 Å². The summed E-state index contributed by atoms with van der Waals surface area (Å²) in [7, 11) is 0. The maximum absolute atomic E-state index is 8.78. The maximum atomic E-state index is 8.78. The van der Waals surface area contributed by atoms with Crippen molar-refractivity contribution < 1.29 is 9.52 Å². The van der Waals surface area contributed by atoms with Crippen molar-refractivity contribution in [3.63, 3.8) is 0 Å². The van der Waals surface area contributed by atoms with Crippen LogP contribution in [0.2, 0.25) is 0 Å². The Hall–Kier alpha value is -2.30. The number of nitrogens with one attached hydrogen (secondary N) is 2. The first-order chi connectivity index (χ1) is 10.8. The van der Waals surface area contributed by atoms with Crippen LogP contribution in [0.4, 0.5) is 5.69 Å². The van der Waals surface area contributed by atoms with Gasteiger partial charge in [0.1, 0.15) is 11.3 Å². The van der Waals surface area contributed by atoms with Crippen molar-refractivity contribution in [3.05, 3.63) is 65.9 Å². The Morgan fingerprint density at radius 2 is 1.82 bits per heavy atom. The summed E-state index contributed by atoms with van der Waals surface area (Å²) >= 11 is 0. The lowest BCUT2D eigenvalue weighted by Gasteiger charge is -2.03. The summed E-state index contributed by atoms with van der Waals surface area (Å²) in [5.74, 6) is 0.916. The van der Waals surface area contributed by atoms with Crippen LogP contribution in [0.15, 0.2) is 59.0 Å². The van der Waals surface area contributed by atoms with E-state index < -0.39 is 0 Å². The third kappa shape index (κ3) is 3.67. The molecule has 0 aliphatic heterocycles. The zero-order chi connectivity index (χ0) is 15.2. The molecule has 3 rings (SSSR count). The summed E-state index contributed by atoms with van der Waals surface area (Å²) in [6.45, 7) is 2.15. The molecule has 0 radical (unpaired) electrons. The first-order valence-electron chi connectivity index (χ1n) is 7.47. The smallest absolute Gasteiger partial charge is 0.134 e. The molecular formula is C18H20N2O2. The van der Waals surface area contributed by atoms with E-state index in [1.165, 1.54) is 0 Å². The van der Waals surface area contributed by atoms with Gasteiger partial charge >= 0.3 is 0 Å². The largest absolute Gasteiger partial charge is 0.459 e. The molecule has 0 aliphatic carbocycles. The van der Waals surface area contributed by atoms with Crippen LogP contribution in [0.1, 0.15) is 11.3 Å². The average molecular weight is 296 g/mol. The Morgan fingerprint density at radius 1 is 0.955 bits per heavy atom. The Bertz CT molecular complexity index is 722. The maximum Gasteiger partial charge on any atom is 0.134 e. The monoisotopic (exact) mass is 296 g/mol. The molecule has 0 unspecified atom stereocenters. The fraction of sp³-hybridized carbons (Fsp3) is 0.222. The summed E-state index contributed by atoms with van der Waals surface area (Å²) in [5, 5.41) is 16.4. The molecule has 0 saturated heterocycles. The summed E-state index contributed by atoms with van der Waals surface area (Å²) in [6.07, 6.45) is 0. The molecule has 4 heteroatoms. The van der Waals surface area contributed by atoms with E-state index in [9.17, 15) is 0 Å². The van der Waals surface area contributed by atoms with Gasteiger partial charge in [0.15, 0.2) is 0 Å². The lowest BCUT2D eigenvalue weighted by molar-refractivity contribution is 0.292. The van der Waals surface area contributed by atoms with E-state index in [2.05, 4.69) is 28.8 Å². The van der Waals surface area contributed by atoms with Crippen LogP contribution in [-0.2, 0) is 13.1 Å². The Kier molecular flexibility index (Phi) is 4.73. The second-order valence-electron chi connectivity index (χ2n) is 5.20. The summed E-state index contributed by atoms with van der Waals surface area (Å²) < 4.78 is 5.90. The van der Waals surface area contributed by atoms with Gasteiger partial charge in [0.2, 0.25) is 0 Å². The minimum absolute atomic E-state index is 0.151. The molecule has 0 saturated carbocycles. The predicted octanol–water partition coefficient (Wildman–Crippen LogP) is 3.13. The topological polar surface area (TPSA) is 57.4 Å². The number of para-hydroxylation sites is 1. The Morgan fingerprint density at radius 3 is 2.64 bits per heavy atom.